The smallest absolute Gasteiger partial charge is 0.227 e. The van der Waals surface area contributed by atoms with Crippen LogP contribution in [0, 0.1) is 17.2 Å². The molecule has 1 heterocycles. The van der Waals surface area contributed by atoms with Gasteiger partial charge in [-0.2, -0.15) is 5.26 Å². The number of sulfonamides is 1. The summed E-state index contributed by atoms with van der Waals surface area (Å²) in [6.45, 7) is 0.709. The van der Waals surface area contributed by atoms with Gasteiger partial charge in [0.25, 0.3) is 0 Å². The van der Waals surface area contributed by atoms with Crippen molar-refractivity contribution in [2.45, 2.75) is 19.3 Å². The van der Waals surface area contributed by atoms with Gasteiger partial charge in [0.2, 0.25) is 15.9 Å². The molecule has 0 radical (unpaired) electrons. The number of benzene rings is 2. The van der Waals surface area contributed by atoms with Gasteiger partial charge in [-0.3, -0.25) is 4.79 Å². The second-order valence-corrected chi connectivity index (χ2v) is 9.00. The van der Waals surface area contributed by atoms with E-state index in [9.17, 15) is 13.2 Å². The first-order valence-corrected chi connectivity index (χ1v) is 10.9. The van der Waals surface area contributed by atoms with Crippen LogP contribution in [0.15, 0.2) is 54.6 Å². The van der Waals surface area contributed by atoms with Crippen molar-refractivity contribution >= 4 is 21.6 Å². The van der Waals surface area contributed by atoms with Crippen LogP contribution in [0.2, 0.25) is 0 Å². The molecule has 0 unspecified atom stereocenters. The average molecular weight is 398 g/mol. The van der Waals surface area contributed by atoms with Crippen molar-refractivity contribution in [3.05, 3.63) is 65.7 Å². The van der Waals surface area contributed by atoms with E-state index in [1.165, 1.54) is 4.31 Å². The quantitative estimate of drug-likeness (QED) is 0.811. The molecular weight excluding hydrogens is 374 g/mol. The zero-order valence-corrected chi connectivity index (χ0v) is 16.4. The highest BCUT2D eigenvalue weighted by atomic mass is 32.2. The Hall–Kier alpha value is -2.69. The number of nitrogens with one attached hydrogen (secondary N) is 1. The predicted molar refractivity (Wildman–Crippen MR) is 108 cm³/mol. The van der Waals surface area contributed by atoms with Gasteiger partial charge in [-0.1, -0.05) is 36.4 Å². The Balaban J connectivity index is 1.51. The number of piperidine rings is 1. The van der Waals surface area contributed by atoms with E-state index in [2.05, 4.69) is 5.32 Å². The van der Waals surface area contributed by atoms with E-state index in [0.717, 1.165) is 5.56 Å². The molecule has 0 atom stereocenters. The summed E-state index contributed by atoms with van der Waals surface area (Å²) in [6, 6.07) is 18.4. The van der Waals surface area contributed by atoms with Crippen LogP contribution >= 0.6 is 0 Å². The van der Waals surface area contributed by atoms with E-state index in [1.807, 2.05) is 36.4 Å². The standard InChI is InChI=1S/C21H23N3O3S/c22-16-18-7-4-8-20(15-18)23-21(25)19-9-12-24(13-10-19)28(26,27)14-11-17-5-2-1-3-6-17/h1-8,15,19H,9-14H2,(H,23,25). The molecule has 28 heavy (non-hydrogen) atoms. The van der Waals surface area contributed by atoms with Gasteiger partial charge in [-0.25, -0.2) is 12.7 Å². The lowest BCUT2D eigenvalue weighted by Gasteiger charge is -2.30. The molecular formula is C21H23N3O3S. The number of aryl methyl sites for hydroxylation is 1. The fraction of sp³-hybridized carbons (Fsp3) is 0.333. The van der Waals surface area contributed by atoms with Crippen molar-refractivity contribution < 1.29 is 13.2 Å². The predicted octanol–water partition coefficient (Wildman–Crippen LogP) is 2.78. The Bertz CT molecular complexity index is 960. The van der Waals surface area contributed by atoms with E-state index in [1.54, 1.807) is 24.3 Å². The van der Waals surface area contributed by atoms with Crippen LogP contribution < -0.4 is 5.32 Å². The molecule has 146 valence electrons. The fourth-order valence-corrected chi connectivity index (χ4v) is 4.85. The van der Waals surface area contributed by atoms with E-state index < -0.39 is 10.0 Å². The molecule has 0 aliphatic carbocycles. The van der Waals surface area contributed by atoms with Crippen LogP contribution in [-0.2, 0) is 21.2 Å². The molecule has 2 aromatic carbocycles. The number of nitrogens with zero attached hydrogens (tertiary/aromatic N) is 2. The number of amides is 1. The van der Waals surface area contributed by atoms with E-state index >= 15 is 0 Å². The molecule has 1 aliphatic heterocycles. The first-order chi connectivity index (χ1) is 13.5. The summed E-state index contributed by atoms with van der Waals surface area (Å²) in [5, 5.41) is 11.8. The minimum Gasteiger partial charge on any atom is -0.326 e. The Kier molecular flexibility index (Phi) is 6.45. The van der Waals surface area contributed by atoms with Crippen LogP contribution in [0.4, 0.5) is 5.69 Å². The highest BCUT2D eigenvalue weighted by Gasteiger charge is 2.30. The van der Waals surface area contributed by atoms with Crippen molar-refractivity contribution in [3.63, 3.8) is 0 Å². The molecule has 7 heteroatoms. The summed E-state index contributed by atoms with van der Waals surface area (Å²) in [5.74, 6) is -0.280. The minimum atomic E-state index is -3.33. The fourth-order valence-electron chi connectivity index (χ4n) is 3.33. The van der Waals surface area contributed by atoms with Gasteiger partial charge in [0.05, 0.1) is 17.4 Å². The van der Waals surface area contributed by atoms with Crippen molar-refractivity contribution in [3.8, 4) is 6.07 Å². The number of carbonyl (C=O) groups is 1. The van der Waals surface area contributed by atoms with Gasteiger partial charge in [-0.05, 0) is 43.0 Å². The van der Waals surface area contributed by atoms with Crippen LogP contribution in [0.25, 0.3) is 0 Å². The Morgan fingerprint density at radius 1 is 1.11 bits per heavy atom. The van der Waals surface area contributed by atoms with E-state index in [-0.39, 0.29) is 17.6 Å². The van der Waals surface area contributed by atoms with Gasteiger partial charge in [0.1, 0.15) is 0 Å². The van der Waals surface area contributed by atoms with Gasteiger partial charge >= 0.3 is 0 Å². The summed E-state index contributed by atoms with van der Waals surface area (Å²) >= 11 is 0. The molecule has 1 fully saturated rings. The monoisotopic (exact) mass is 397 g/mol. The highest BCUT2D eigenvalue weighted by Crippen LogP contribution is 2.22. The first kappa shape index (κ1) is 20.1. The summed E-state index contributed by atoms with van der Waals surface area (Å²) in [5.41, 5.74) is 2.07. The lowest BCUT2D eigenvalue weighted by molar-refractivity contribution is -0.120. The van der Waals surface area contributed by atoms with Crippen LogP contribution in [0.3, 0.4) is 0 Å². The zero-order valence-electron chi connectivity index (χ0n) is 15.5. The molecule has 0 spiro atoms. The van der Waals surface area contributed by atoms with Crippen LogP contribution in [0.1, 0.15) is 24.0 Å². The molecule has 0 bridgehead atoms. The molecule has 0 saturated carbocycles. The van der Waals surface area contributed by atoms with Crippen molar-refractivity contribution in [1.29, 1.82) is 5.26 Å². The average Bonchev–Trinajstić information content (AvgIpc) is 2.73. The maximum atomic E-state index is 12.6. The number of anilines is 1. The van der Waals surface area contributed by atoms with E-state index in [0.29, 0.717) is 43.6 Å². The Morgan fingerprint density at radius 2 is 1.82 bits per heavy atom. The number of hydrogen-bond acceptors (Lipinski definition) is 4. The van der Waals surface area contributed by atoms with Crippen molar-refractivity contribution in [2.75, 3.05) is 24.2 Å². The lowest BCUT2D eigenvalue weighted by atomic mass is 9.97. The van der Waals surface area contributed by atoms with E-state index in [4.69, 9.17) is 5.26 Å². The molecule has 2 aromatic rings. The molecule has 1 saturated heterocycles. The third kappa shape index (κ3) is 5.18. The minimum absolute atomic E-state index is 0.0782. The third-order valence-corrected chi connectivity index (χ3v) is 6.84. The number of rotatable bonds is 6. The number of carbonyl (C=O) groups excluding carboxylic acids is 1. The third-order valence-electron chi connectivity index (χ3n) is 4.97. The largest absolute Gasteiger partial charge is 0.326 e. The molecule has 1 N–H and O–H groups in total. The maximum Gasteiger partial charge on any atom is 0.227 e. The van der Waals surface area contributed by atoms with Crippen LogP contribution in [0.5, 0.6) is 0 Å². The lowest BCUT2D eigenvalue weighted by Crippen LogP contribution is -2.42. The van der Waals surface area contributed by atoms with Crippen molar-refractivity contribution in [1.82, 2.24) is 4.31 Å². The second-order valence-electron chi connectivity index (χ2n) is 6.91. The van der Waals surface area contributed by atoms with Crippen LogP contribution in [-0.4, -0.2) is 37.5 Å². The molecule has 0 aromatic heterocycles. The topological polar surface area (TPSA) is 90.3 Å². The van der Waals surface area contributed by atoms with Gasteiger partial charge in [0, 0.05) is 24.7 Å². The molecule has 1 amide bonds. The SMILES string of the molecule is N#Cc1cccc(NC(=O)C2CCN(S(=O)(=O)CCc3ccccc3)CC2)c1. The highest BCUT2D eigenvalue weighted by molar-refractivity contribution is 7.89. The molecule has 3 rings (SSSR count). The first-order valence-electron chi connectivity index (χ1n) is 9.31. The van der Waals surface area contributed by atoms with Gasteiger partial charge in [0.15, 0.2) is 0 Å². The summed E-state index contributed by atoms with van der Waals surface area (Å²) in [7, 11) is -3.33. The summed E-state index contributed by atoms with van der Waals surface area (Å²) < 4.78 is 26.7. The molecule has 1 aliphatic rings. The Labute approximate surface area is 165 Å². The normalized spacial score (nSPS) is 15.7. The van der Waals surface area contributed by atoms with Crippen molar-refractivity contribution in [2.24, 2.45) is 5.92 Å². The summed E-state index contributed by atoms with van der Waals surface area (Å²) in [6.07, 6.45) is 1.47. The number of hydrogen-bond donors (Lipinski definition) is 1. The van der Waals surface area contributed by atoms with Gasteiger partial charge < -0.3 is 5.32 Å². The Morgan fingerprint density at radius 3 is 2.50 bits per heavy atom. The maximum absolute atomic E-state index is 12.6. The second kappa shape index (κ2) is 9.00. The summed E-state index contributed by atoms with van der Waals surface area (Å²) in [4.78, 5) is 12.5. The van der Waals surface area contributed by atoms with Gasteiger partial charge in [-0.15, -0.1) is 0 Å². The zero-order chi connectivity index (χ0) is 20.0. The number of nitriles is 1. The molecule has 6 nitrogen and oxygen atoms in total.